The van der Waals surface area contributed by atoms with Crippen LogP contribution in [0.1, 0.15) is 55.7 Å². The van der Waals surface area contributed by atoms with Crippen molar-refractivity contribution in [3.63, 3.8) is 0 Å². The zero-order chi connectivity index (χ0) is 33.0. The fourth-order valence-electron chi connectivity index (χ4n) is 5.70. The van der Waals surface area contributed by atoms with Gasteiger partial charge in [-0.05, 0) is 43.2 Å². The number of carbonyl (C=O) groups excluding carboxylic acids is 3. The summed E-state index contributed by atoms with van der Waals surface area (Å²) in [5.74, 6) is -6.49. The first-order valence-corrected chi connectivity index (χ1v) is 14.9. The van der Waals surface area contributed by atoms with Crippen molar-refractivity contribution in [2.75, 3.05) is 16.4 Å². The molecule has 1 N–H and O–H groups in total. The number of alkyl halides is 2. The Kier molecular flexibility index (Phi) is 9.76. The van der Waals surface area contributed by atoms with E-state index in [0.29, 0.717) is 6.07 Å². The van der Waals surface area contributed by atoms with Gasteiger partial charge >= 0.3 is 6.09 Å². The molecule has 2 aromatic carbocycles. The lowest BCUT2D eigenvalue weighted by Crippen LogP contribution is -2.51. The molecule has 46 heavy (non-hydrogen) atoms. The Morgan fingerprint density at radius 3 is 2.48 bits per heavy atom. The number of cyclic esters (lactones) is 1. The van der Waals surface area contributed by atoms with Gasteiger partial charge in [0.05, 0.1) is 30.0 Å². The van der Waals surface area contributed by atoms with Gasteiger partial charge in [0.15, 0.2) is 0 Å². The van der Waals surface area contributed by atoms with Crippen LogP contribution in [0.25, 0.3) is 0 Å². The molecular formula is C32H28ClF4N5O4. The SMILES string of the molecule is N#Cc1ccnc(N2C(=O)OCC[C@H]2CC(=O)N(c2cc(F)cc(F)c2)[C@H](C(=O)NC2CCC(F)(F)CC2)c2ccccc2Cl)c1. The summed E-state index contributed by atoms with van der Waals surface area (Å²) < 4.78 is 62.2. The number of rotatable bonds is 8. The molecule has 0 bridgehead atoms. The molecule has 2 heterocycles. The van der Waals surface area contributed by atoms with Crippen molar-refractivity contribution in [2.45, 2.75) is 62.6 Å². The van der Waals surface area contributed by atoms with Crippen LogP contribution in [-0.4, -0.2) is 47.5 Å². The van der Waals surface area contributed by atoms with E-state index in [0.717, 1.165) is 21.9 Å². The molecule has 5 rings (SSSR count). The highest BCUT2D eigenvalue weighted by atomic mass is 35.5. The first-order valence-electron chi connectivity index (χ1n) is 14.5. The smallest absolute Gasteiger partial charge is 0.415 e. The highest BCUT2D eigenvalue weighted by Gasteiger charge is 2.41. The molecule has 240 valence electrons. The standard InChI is InChI=1S/C32H28ClF4N5O4/c33-26-4-2-1-3-25(26)29(30(44)40-22-5-9-32(36,37)10-6-22)42(24-15-20(34)14-21(35)16-24)28(43)17-23-8-12-46-31(45)41(23)27-13-19(18-38)7-11-39-27/h1-4,7,11,13-16,22-23,29H,5-6,8-10,12,17H2,(H,40,44)/t23-,29-/m0/s1. The summed E-state index contributed by atoms with van der Waals surface area (Å²) in [6.07, 6.45) is -0.771. The molecule has 2 aliphatic rings. The number of nitriles is 1. The van der Waals surface area contributed by atoms with Gasteiger partial charge in [-0.1, -0.05) is 29.8 Å². The maximum absolute atomic E-state index is 14.6. The van der Waals surface area contributed by atoms with Gasteiger partial charge in [-0.2, -0.15) is 5.26 Å². The number of pyridine rings is 1. The number of aromatic nitrogens is 1. The largest absolute Gasteiger partial charge is 0.449 e. The average Bonchev–Trinajstić information content (AvgIpc) is 3.01. The van der Waals surface area contributed by atoms with Crippen LogP contribution < -0.4 is 15.1 Å². The first kappa shape index (κ1) is 32.7. The number of anilines is 2. The summed E-state index contributed by atoms with van der Waals surface area (Å²) in [5.41, 5.74) is -0.00217. The van der Waals surface area contributed by atoms with E-state index in [4.69, 9.17) is 16.3 Å². The molecule has 0 radical (unpaired) electrons. The van der Waals surface area contributed by atoms with E-state index >= 15 is 0 Å². The predicted octanol–water partition coefficient (Wildman–Crippen LogP) is 6.46. The molecule has 14 heteroatoms. The normalized spacial score (nSPS) is 18.7. The second-order valence-electron chi connectivity index (χ2n) is 11.1. The molecular weight excluding hydrogens is 630 g/mol. The maximum atomic E-state index is 14.6. The third-order valence-corrected chi connectivity index (χ3v) is 8.28. The van der Waals surface area contributed by atoms with Crippen molar-refractivity contribution in [3.8, 4) is 6.07 Å². The topological polar surface area (TPSA) is 116 Å². The van der Waals surface area contributed by atoms with E-state index in [1.165, 1.54) is 30.5 Å². The number of carbonyl (C=O) groups is 3. The summed E-state index contributed by atoms with van der Waals surface area (Å²) in [6.45, 7) is -0.0550. The van der Waals surface area contributed by atoms with Gasteiger partial charge in [-0.25, -0.2) is 27.3 Å². The Labute approximate surface area is 266 Å². The second kappa shape index (κ2) is 13.7. The van der Waals surface area contributed by atoms with E-state index in [1.807, 2.05) is 6.07 Å². The summed E-state index contributed by atoms with van der Waals surface area (Å²) in [5, 5.41) is 12.1. The third-order valence-electron chi connectivity index (χ3n) is 7.93. The number of halogens is 5. The van der Waals surface area contributed by atoms with E-state index in [9.17, 15) is 37.2 Å². The molecule has 1 aliphatic carbocycles. The van der Waals surface area contributed by atoms with Crippen LogP contribution in [-0.2, 0) is 14.3 Å². The summed E-state index contributed by atoms with van der Waals surface area (Å²) in [4.78, 5) is 47.5. The Bertz CT molecular complexity index is 1660. The van der Waals surface area contributed by atoms with Crippen LogP contribution in [0, 0.1) is 23.0 Å². The Morgan fingerprint density at radius 1 is 1.11 bits per heavy atom. The fraction of sp³-hybridized carbons (Fsp3) is 0.344. The minimum Gasteiger partial charge on any atom is -0.449 e. The van der Waals surface area contributed by atoms with Crippen molar-refractivity contribution < 1.29 is 36.7 Å². The molecule has 1 aromatic heterocycles. The molecule has 3 amide bonds. The molecule has 2 fully saturated rings. The predicted molar refractivity (Wildman–Crippen MR) is 159 cm³/mol. The lowest BCUT2D eigenvalue weighted by atomic mass is 9.91. The number of nitrogens with one attached hydrogen (secondary N) is 1. The molecule has 3 aromatic rings. The number of hydrogen-bond acceptors (Lipinski definition) is 6. The highest BCUT2D eigenvalue weighted by Crippen LogP contribution is 2.37. The Hall–Kier alpha value is -4.70. The van der Waals surface area contributed by atoms with Gasteiger partial charge in [-0.15, -0.1) is 0 Å². The Balaban J connectivity index is 1.56. The molecule has 1 saturated carbocycles. The van der Waals surface area contributed by atoms with E-state index in [-0.39, 0.29) is 53.5 Å². The molecule has 0 unspecified atom stereocenters. The number of nitrogens with zero attached hydrogens (tertiary/aromatic N) is 4. The van der Waals surface area contributed by atoms with Crippen molar-refractivity contribution in [3.05, 3.63) is 88.6 Å². The molecule has 1 aliphatic heterocycles. The second-order valence-corrected chi connectivity index (χ2v) is 11.5. The zero-order valence-corrected chi connectivity index (χ0v) is 25.0. The minimum absolute atomic E-state index is 0.0234. The molecule has 9 nitrogen and oxygen atoms in total. The van der Waals surface area contributed by atoms with E-state index in [1.54, 1.807) is 12.1 Å². The quantitative estimate of drug-likeness (QED) is 0.278. The summed E-state index contributed by atoms with van der Waals surface area (Å²) in [6, 6.07) is 10.0. The van der Waals surface area contributed by atoms with Gasteiger partial charge in [0.2, 0.25) is 17.7 Å². The number of benzene rings is 2. The first-order chi connectivity index (χ1) is 22.0. The lowest BCUT2D eigenvalue weighted by molar-refractivity contribution is -0.128. The van der Waals surface area contributed by atoms with Gasteiger partial charge in [0.1, 0.15) is 23.5 Å². The summed E-state index contributed by atoms with van der Waals surface area (Å²) >= 11 is 6.52. The number of amides is 3. The highest BCUT2D eigenvalue weighted by molar-refractivity contribution is 6.31. The van der Waals surface area contributed by atoms with E-state index in [2.05, 4.69) is 10.3 Å². The van der Waals surface area contributed by atoms with Gasteiger partial charge in [0.25, 0.3) is 0 Å². The third kappa shape index (κ3) is 7.39. The maximum Gasteiger partial charge on any atom is 0.415 e. The van der Waals surface area contributed by atoms with E-state index < -0.39 is 72.9 Å². The average molecular weight is 658 g/mol. The van der Waals surface area contributed by atoms with Crippen LogP contribution >= 0.6 is 11.6 Å². The number of hydrogen-bond donors (Lipinski definition) is 1. The van der Waals surface area contributed by atoms with Gasteiger partial charge < -0.3 is 10.1 Å². The van der Waals surface area contributed by atoms with Crippen LogP contribution in [0.15, 0.2) is 60.8 Å². The van der Waals surface area contributed by atoms with Gasteiger partial charge in [0, 0.05) is 54.6 Å². The van der Waals surface area contributed by atoms with Crippen molar-refractivity contribution >= 4 is 41.0 Å². The molecule has 0 spiro atoms. The molecule has 1 saturated heterocycles. The van der Waals surface area contributed by atoms with Crippen LogP contribution in [0.2, 0.25) is 5.02 Å². The fourth-order valence-corrected chi connectivity index (χ4v) is 5.94. The van der Waals surface area contributed by atoms with Crippen LogP contribution in [0.4, 0.5) is 33.9 Å². The molecule has 2 atom stereocenters. The van der Waals surface area contributed by atoms with Crippen LogP contribution in [0.5, 0.6) is 0 Å². The lowest BCUT2D eigenvalue weighted by Gasteiger charge is -2.37. The van der Waals surface area contributed by atoms with Gasteiger partial charge in [-0.3, -0.25) is 19.4 Å². The van der Waals surface area contributed by atoms with Crippen molar-refractivity contribution in [1.29, 1.82) is 5.26 Å². The van der Waals surface area contributed by atoms with Crippen molar-refractivity contribution in [1.82, 2.24) is 10.3 Å². The summed E-state index contributed by atoms with van der Waals surface area (Å²) in [7, 11) is 0. The zero-order valence-electron chi connectivity index (χ0n) is 24.3. The Morgan fingerprint density at radius 2 is 1.80 bits per heavy atom. The van der Waals surface area contributed by atoms with Crippen LogP contribution in [0.3, 0.4) is 0 Å². The number of ether oxygens (including phenoxy) is 1. The monoisotopic (exact) mass is 657 g/mol. The minimum atomic E-state index is -2.86. The van der Waals surface area contributed by atoms with Crippen molar-refractivity contribution in [2.24, 2.45) is 0 Å².